The molecule has 0 amide bonds. The van der Waals surface area contributed by atoms with Gasteiger partial charge >= 0.3 is 0 Å². The number of benzene rings is 1. The van der Waals surface area contributed by atoms with Gasteiger partial charge in [-0.1, -0.05) is 37.3 Å². The van der Waals surface area contributed by atoms with Crippen LogP contribution in [0.2, 0.25) is 0 Å². The number of hydrogen-bond donors (Lipinski definition) is 2. The van der Waals surface area contributed by atoms with Crippen LogP contribution in [0.3, 0.4) is 0 Å². The molecule has 6 heteroatoms. The summed E-state index contributed by atoms with van der Waals surface area (Å²) in [5.41, 5.74) is 1.95. The van der Waals surface area contributed by atoms with Crippen LogP contribution in [0.4, 0.5) is 5.82 Å². The summed E-state index contributed by atoms with van der Waals surface area (Å²) in [6.45, 7) is 2.03. The van der Waals surface area contributed by atoms with Gasteiger partial charge in [0.2, 0.25) is 0 Å². The highest BCUT2D eigenvalue weighted by Gasteiger charge is 2.13. The van der Waals surface area contributed by atoms with Gasteiger partial charge in [0.15, 0.2) is 0 Å². The van der Waals surface area contributed by atoms with Gasteiger partial charge < -0.3 is 10.4 Å². The Morgan fingerprint density at radius 1 is 1.29 bits per heavy atom. The van der Waals surface area contributed by atoms with Crippen LogP contribution in [0.15, 0.2) is 42.7 Å². The third-order valence-corrected chi connectivity index (χ3v) is 3.37. The lowest BCUT2D eigenvalue weighted by Crippen LogP contribution is -2.17. The molecule has 2 aromatic heterocycles. The lowest BCUT2D eigenvalue weighted by atomic mass is 10.1. The van der Waals surface area contributed by atoms with Gasteiger partial charge in [-0.3, -0.25) is 0 Å². The molecule has 0 aliphatic rings. The fourth-order valence-corrected chi connectivity index (χ4v) is 2.24. The Labute approximate surface area is 122 Å². The van der Waals surface area contributed by atoms with Crippen molar-refractivity contribution >= 4 is 11.6 Å². The van der Waals surface area contributed by atoms with Gasteiger partial charge in [0.1, 0.15) is 12.1 Å². The lowest BCUT2D eigenvalue weighted by Gasteiger charge is -2.18. The van der Waals surface area contributed by atoms with Crippen molar-refractivity contribution in [3.63, 3.8) is 0 Å². The highest BCUT2D eigenvalue weighted by Crippen LogP contribution is 2.20. The second kappa shape index (κ2) is 5.88. The maximum absolute atomic E-state index is 9.67. The molecule has 1 aromatic carbocycles. The molecule has 6 nitrogen and oxygen atoms in total. The molecule has 2 N–H and O–H groups in total. The van der Waals surface area contributed by atoms with E-state index in [4.69, 9.17) is 0 Å². The Kier molecular flexibility index (Phi) is 3.79. The Morgan fingerprint density at radius 2 is 2.10 bits per heavy atom. The Balaban J connectivity index is 1.98. The van der Waals surface area contributed by atoms with Crippen molar-refractivity contribution in [3.8, 4) is 0 Å². The summed E-state index contributed by atoms with van der Waals surface area (Å²) in [6, 6.07) is 11.6. The summed E-state index contributed by atoms with van der Waals surface area (Å²) in [7, 11) is 0. The van der Waals surface area contributed by atoms with Crippen LogP contribution < -0.4 is 5.32 Å². The van der Waals surface area contributed by atoms with E-state index in [1.165, 1.54) is 6.33 Å². The van der Waals surface area contributed by atoms with Gasteiger partial charge in [-0.2, -0.15) is 14.6 Å². The second-order valence-corrected chi connectivity index (χ2v) is 4.75. The third-order valence-electron chi connectivity index (χ3n) is 3.37. The molecule has 0 saturated carbocycles. The summed E-state index contributed by atoms with van der Waals surface area (Å²) in [4.78, 5) is 8.54. The van der Waals surface area contributed by atoms with Crippen molar-refractivity contribution < 1.29 is 5.11 Å². The third kappa shape index (κ3) is 2.71. The van der Waals surface area contributed by atoms with E-state index < -0.39 is 0 Å². The highest BCUT2D eigenvalue weighted by molar-refractivity contribution is 5.46. The zero-order chi connectivity index (χ0) is 14.7. The quantitative estimate of drug-likeness (QED) is 0.747. The number of aliphatic hydroxyl groups excluding tert-OH is 1. The molecule has 1 unspecified atom stereocenters. The normalized spacial score (nSPS) is 12.5. The number of hydrogen-bond acceptors (Lipinski definition) is 5. The van der Waals surface area contributed by atoms with Crippen molar-refractivity contribution in [2.75, 3.05) is 11.9 Å². The first-order chi connectivity index (χ1) is 10.3. The van der Waals surface area contributed by atoms with Crippen LogP contribution in [-0.4, -0.2) is 31.3 Å². The molecule has 0 spiro atoms. The van der Waals surface area contributed by atoms with Gasteiger partial charge in [0, 0.05) is 11.8 Å². The van der Waals surface area contributed by atoms with E-state index in [9.17, 15) is 5.11 Å². The molecule has 3 aromatic rings. The molecule has 2 heterocycles. The zero-order valence-electron chi connectivity index (χ0n) is 11.8. The molecular weight excluding hydrogens is 266 g/mol. The fourth-order valence-electron chi connectivity index (χ4n) is 2.24. The van der Waals surface area contributed by atoms with Crippen molar-refractivity contribution in [1.29, 1.82) is 0 Å². The molecule has 3 rings (SSSR count). The van der Waals surface area contributed by atoms with E-state index in [0.29, 0.717) is 5.78 Å². The molecule has 0 radical (unpaired) electrons. The number of rotatable bonds is 5. The van der Waals surface area contributed by atoms with Crippen molar-refractivity contribution in [2.45, 2.75) is 19.4 Å². The summed E-state index contributed by atoms with van der Waals surface area (Å²) < 4.78 is 1.64. The van der Waals surface area contributed by atoms with Gasteiger partial charge in [0.05, 0.1) is 12.6 Å². The van der Waals surface area contributed by atoms with E-state index in [0.717, 1.165) is 23.5 Å². The van der Waals surface area contributed by atoms with Crippen LogP contribution in [0, 0.1) is 0 Å². The van der Waals surface area contributed by atoms with E-state index >= 15 is 0 Å². The summed E-state index contributed by atoms with van der Waals surface area (Å²) in [5, 5.41) is 17.2. The lowest BCUT2D eigenvalue weighted by molar-refractivity contribution is 0.276. The standard InChI is InChI=1S/C15H17N5O/c1-2-12-8-14(20-15(18-12)16-10-17-20)19-13(9-21)11-6-4-3-5-7-11/h3-8,10,13,19,21H,2,9H2,1H3. The minimum absolute atomic E-state index is 0.00994. The van der Waals surface area contributed by atoms with E-state index in [1.54, 1.807) is 4.52 Å². The predicted molar refractivity (Wildman–Crippen MR) is 80.1 cm³/mol. The number of aryl methyl sites for hydroxylation is 1. The maximum Gasteiger partial charge on any atom is 0.254 e. The average molecular weight is 283 g/mol. The summed E-state index contributed by atoms with van der Waals surface area (Å²) in [6.07, 6.45) is 2.29. The molecule has 0 aliphatic heterocycles. The number of fused-ring (bicyclic) bond motifs is 1. The number of aliphatic hydroxyl groups is 1. The van der Waals surface area contributed by atoms with Crippen molar-refractivity contribution in [2.24, 2.45) is 0 Å². The molecule has 21 heavy (non-hydrogen) atoms. The smallest absolute Gasteiger partial charge is 0.254 e. The van der Waals surface area contributed by atoms with Gasteiger partial charge in [0.25, 0.3) is 5.78 Å². The van der Waals surface area contributed by atoms with Crippen LogP contribution in [0.5, 0.6) is 0 Å². The molecule has 0 aliphatic carbocycles. The van der Waals surface area contributed by atoms with Crippen LogP contribution in [0.1, 0.15) is 24.2 Å². The Bertz CT molecular complexity index is 725. The minimum atomic E-state index is -0.203. The Hall–Kier alpha value is -2.47. The molecule has 0 saturated heterocycles. The van der Waals surface area contributed by atoms with E-state index in [-0.39, 0.29) is 12.6 Å². The van der Waals surface area contributed by atoms with Gasteiger partial charge in [-0.25, -0.2) is 4.98 Å². The first-order valence-electron chi connectivity index (χ1n) is 6.93. The summed E-state index contributed by atoms with van der Waals surface area (Å²) in [5.74, 6) is 1.33. The van der Waals surface area contributed by atoms with Crippen molar-refractivity contribution in [1.82, 2.24) is 19.6 Å². The number of aromatic nitrogens is 4. The second-order valence-electron chi connectivity index (χ2n) is 4.75. The molecule has 1 atom stereocenters. The van der Waals surface area contributed by atoms with Gasteiger partial charge in [-0.15, -0.1) is 0 Å². The predicted octanol–water partition coefficient (Wildman–Crippen LogP) is 1.83. The first kappa shape index (κ1) is 13.5. The van der Waals surface area contributed by atoms with E-state index in [2.05, 4.69) is 20.4 Å². The summed E-state index contributed by atoms with van der Waals surface area (Å²) >= 11 is 0. The number of nitrogens with zero attached hydrogens (tertiary/aromatic N) is 4. The topological polar surface area (TPSA) is 75.3 Å². The molecule has 0 fully saturated rings. The first-order valence-corrected chi connectivity index (χ1v) is 6.93. The Morgan fingerprint density at radius 3 is 2.81 bits per heavy atom. The van der Waals surface area contributed by atoms with Crippen LogP contribution >= 0.6 is 0 Å². The molecule has 108 valence electrons. The zero-order valence-corrected chi connectivity index (χ0v) is 11.8. The minimum Gasteiger partial charge on any atom is -0.394 e. The number of nitrogens with one attached hydrogen (secondary N) is 1. The molecular formula is C15H17N5O. The van der Waals surface area contributed by atoms with Crippen LogP contribution in [-0.2, 0) is 6.42 Å². The monoisotopic (exact) mass is 283 g/mol. The fraction of sp³-hybridized carbons (Fsp3) is 0.267. The van der Waals surface area contributed by atoms with Crippen molar-refractivity contribution in [3.05, 3.63) is 54.0 Å². The largest absolute Gasteiger partial charge is 0.394 e. The number of anilines is 1. The average Bonchev–Trinajstić information content (AvgIpc) is 3.01. The SMILES string of the molecule is CCc1cc(NC(CO)c2ccccc2)n2ncnc2n1. The van der Waals surface area contributed by atoms with E-state index in [1.807, 2.05) is 43.3 Å². The molecule has 0 bridgehead atoms. The maximum atomic E-state index is 9.67. The highest BCUT2D eigenvalue weighted by atomic mass is 16.3. The van der Waals surface area contributed by atoms with Crippen LogP contribution in [0.25, 0.3) is 5.78 Å². The van der Waals surface area contributed by atoms with Gasteiger partial charge in [-0.05, 0) is 12.0 Å².